The Labute approximate surface area is 98.9 Å². The molecule has 1 atom stereocenters. The van der Waals surface area contributed by atoms with Crippen molar-refractivity contribution in [1.82, 2.24) is 14.8 Å². The van der Waals surface area contributed by atoms with Gasteiger partial charge in [0.15, 0.2) is 0 Å². The van der Waals surface area contributed by atoms with Gasteiger partial charge in [0, 0.05) is 24.4 Å². The minimum absolute atomic E-state index is 0.0846. The van der Waals surface area contributed by atoms with E-state index in [0.717, 1.165) is 23.9 Å². The topological polar surface area (TPSA) is 39.9 Å². The lowest BCUT2D eigenvalue weighted by atomic mass is 10.4. The number of rotatable bonds is 5. The molecule has 2 aromatic rings. The molecule has 0 aliphatic carbocycles. The molecule has 0 aliphatic rings. The summed E-state index contributed by atoms with van der Waals surface area (Å²) in [5.41, 5.74) is 1.04. The zero-order valence-corrected chi connectivity index (χ0v) is 10.3. The summed E-state index contributed by atoms with van der Waals surface area (Å²) < 4.78 is 7.37. The normalized spacial score (nSPS) is 12.9. The second kappa shape index (κ2) is 5.23. The van der Waals surface area contributed by atoms with Crippen LogP contribution < -0.4 is 0 Å². The van der Waals surface area contributed by atoms with Crippen LogP contribution in [0.5, 0.6) is 0 Å². The van der Waals surface area contributed by atoms with Crippen LogP contribution >= 0.6 is 11.3 Å². The molecule has 0 spiro atoms. The van der Waals surface area contributed by atoms with Crippen LogP contribution in [0.1, 0.15) is 30.7 Å². The molecule has 2 aromatic heterocycles. The highest BCUT2D eigenvalue weighted by atomic mass is 32.1. The molecule has 0 radical (unpaired) electrons. The Hall–Kier alpha value is -1.20. The summed E-state index contributed by atoms with van der Waals surface area (Å²) in [4.78, 5) is 4.54. The van der Waals surface area contributed by atoms with Crippen molar-refractivity contribution in [3.63, 3.8) is 0 Å². The van der Waals surface area contributed by atoms with Crippen molar-refractivity contribution in [1.29, 1.82) is 0 Å². The van der Waals surface area contributed by atoms with Crippen molar-refractivity contribution in [3.8, 4) is 0 Å². The van der Waals surface area contributed by atoms with Gasteiger partial charge in [0.2, 0.25) is 0 Å². The van der Waals surface area contributed by atoms with Crippen molar-refractivity contribution >= 4 is 11.3 Å². The summed E-state index contributed by atoms with van der Waals surface area (Å²) in [7, 11) is 0. The smallest absolute Gasteiger partial charge is 0.122 e. The number of hydrogen-bond donors (Lipinski definition) is 0. The van der Waals surface area contributed by atoms with Crippen LogP contribution in [0.2, 0.25) is 0 Å². The average molecular weight is 237 g/mol. The zero-order valence-electron chi connectivity index (χ0n) is 9.46. The second-order valence-corrected chi connectivity index (χ2v) is 4.37. The van der Waals surface area contributed by atoms with Crippen molar-refractivity contribution in [2.75, 3.05) is 6.61 Å². The maximum absolute atomic E-state index is 5.50. The van der Waals surface area contributed by atoms with E-state index in [1.807, 2.05) is 30.8 Å². The minimum Gasteiger partial charge on any atom is -0.372 e. The average Bonchev–Trinajstić information content (AvgIpc) is 2.90. The monoisotopic (exact) mass is 237 g/mol. The van der Waals surface area contributed by atoms with Gasteiger partial charge in [-0.15, -0.1) is 11.3 Å². The molecule has 2 heterocycles. The van der Waals surface area contributed by atoms with Gasteiger partial charge in [-0.2, -0.15) is 5.10 Å². The van der Waals surface area contributed by atoms with Crippen molar-refractivity contribution < 1.29 is 4.74 Å². The van der Waals surface area contributed by atoms with E-state index in [9.17, 15) is 0 Å². The Bertz CT molecular complexity index is 424. The number of nitrogens with zero attached hydrogens (tertiary/aromatic N) is 3. The van der Waals surface area contributed by atoms with Crippen LogP contribution in [0.25, 0.3) is 0 Å². The standard InChI is InChI=1S/C11H15N3OS/c1-3-15-9(2)11-13-10(8-16-11)7-14-6-4-5-12-14/h4-6,8-9H,3,7H2,1-2H3/t9-/m1/s1. The predicted molar refractivity (Wildman–Crippen MR) is 63.5 cm³/mol. The van der Waals surface area contributed by atoms with E-state index in [0.29, 0.717) is 0 Å². The Morgan fingerprint density at radius 2 is 2.44 bits per heavy atom. The number of hydrogen-bond acceptors (Lipinski definition) is 4. The Morgan fingerprint density at radius 1 is 1.56 bits per heavy atom. The summed E-state index contributed by atoms with van der Waals surface area (Å²) in [6.07, 6.45) is 3.79. The maximum Gasteiger partial charge on any atom is 0.122 e. The molecule has 2 rings (SSSR count). The number of thiazole rings is 1. The van der Waals surface area contributed by atoms with Crippen LogP contribution in [0, 0.1) is 0 Å². The molecule has 0 aromatic carbocycles. The fraction of sp³-hybridized carbons (Fsp3) is 0.455. The molecular weight excluding hydrogens is 222 g/mol. The lowest BCUT2D eigenvalue weighted by Gasteiger charge is -2.06. The van der Waals surface area contributed by atoms with Gasteiger partial charge in [0.1, 0.15) is 11.1 Å². The highest BCUT2D eigenvalue weighted by Crippen LogP contribution is 2.21. The molecule has 0 aliphatic heterocycles. The van der Waals surface area contributed by atoms with Crippen LogP contribution in [-0.2, 0) is 11.3 Å². The lowest BCUT2D eigenvalue weighted by molar-refractivity contribution is 0.0761. The van der Waals surface area contributed by atoms with E-state index in [1.54, 1.807) is 17.5 Å². The summed E-state index contributed by atoms with van der Waals surface area (Å²) >= 11 is 1.64. The largest absolute Gasteiger partial charge is 0.372 e. The van der Waals surface area contributed by atoms with Crippen LogP contribution in [-0.4, -0.2) is 21.4 Å². The summed E-state index contributed by atoms with van der Waals surface area (Å²) in [6.45, 7) is 5.46. The molecule has 0 saturated carbocycles. The summed E-state index contributed by atoms with van der Waals surface area (Å²) in [5, 5.41) is 7.25. The SMILES string of the molecule is CCO[C@H](C)c1nc(Cn2cccn2)cs1. The highest BCUT2D eigenvalue weighted by molar-refractivity contribution is 7.09. The van der Waals surface area contributed by atoms with Crippen LogP contribution in [0.3, 0.4) is 0 Å². The van der Waals surface area contributed by atoms with E-state index in [-0.39, 0.29) is 6.10 Å². The molecule has 86 valence electrons. The van der Waals surface area contributed by atoms with E-state index in [1.165, 1.54) is 0 Å². The lowest BCUT2D eigenvalue weighted by Crippen LogP contribution is -2.02. The van der Waals surface area contributed by atoms with Gasteiger partial charge < -0.3 is 4.74 Å². The predicted octanol–water partition coefficient (Wildman–Crippen LogP) is 2.49. The van der Waals surface area contributed by atoms with Crippen LogP contribution in [0.4, 0.5) is 0 Å². The molecule has 0 amide bonds. The van der Waals surface area contributed by atoms with Gasteiger partial charge in [0.05, 0.1) is 12.2 Å². The highest BCUT2D eigenvalue weighted by Gasteiger charge is 2.10. The first-order chi connectivity index (χ1) is 7.79. The fourth-order valence-electron chi connectivity index (χ4n) is 1.46. The molecule has 0 N–H and O–H groups in total. The molecule has 16 heavy (non-hydrogen) atoms. The first kappa shape index (κ1) is 11.3. The van der Waals surface area contributed by atoms with E-state index < -0.39 is 0 Å². The maximum atomic E-state index is 5.50. The van der Waals surface area contributed by atoms with Gasteiger partial charge >= 0.3 is 0 Å². The molecule has 0 bridgehead atoms. The Kier molecular flexibility index (Phi) is 3.69. The van der Waals surface area contributed by atoms with Crippen molar-refractivity contribution in [3.05, 3.63) is 34.5 Å². The van der Waals surface area contributed by atoms with Crippen LogP contribution in [0.15, 0.2) is 23.8 Å². The number of aromatic nitrogens is 3. The molecule has 0 fully saturated rings. The first-order valence-electron chi connectivity index (χ1n) is 5.33. The van der Waals surface area contributed by atoms with Gasteiger partial charge in [-0.25, -0.2) is 4.98 Å². The van der Waals surface area contributed by atoms with Crippen molar-refractivity contribution in [2.45, 2.75) is 26.5 Å². The molecular formula is C11H15N3OS. The second-order valence-electron chi connectivity index (χ2n) is 3.48. The van der Waals surface area contributed by atoms with Gasteiger partial charge in [-0.3, -0.25) is 4.68 Å². The Balaban J connectivity index is 2.02. The van der Waals surface area contributed by atoms with E-state index in [2.05, 4.69) is 15.5 Å². The van der Waals surface area contributed by atoms with Gasteiger partial charge in [-0.1, -0.05) is 0 Å². The Morgan fingerprint density at radius 3 is 3.12 bits per heavy atom. The first-order valence-corrected chi connectivity index (χ1v) is 6.21. The van der Waals surface area contributed by atoms with Crippen molar-refractivity contribution in [2.24, 2.45) is 0 Å². The molecule has 0 saturated heterocycles. The third-order valence-corrected chi connectivity index (χ3v) is 3.27. The van der Waals surface area contributed by atoms with E-state index in [4.69, 9.17) is 4.74 Å². The fourth-order valence-corrected chi connectivity index (χ4v) is 2.28. The third-order valence-electron chi connectivity index (χ3n) is 2.22. The summed E-state index contributed by atoms with van der Waals surface area (Å²) in [5.74, 6) is 0. The minimum atomic E-state index is 0.0846. The van der Waals surface area contributed by atoms with E-state index >= 15 is 0 Å². The third kappa shape index (κ3) is 2.68. The quantitative estimate of drug-likeness (QED) is 0.802. The molecule has 5 heteroatoms. The number of ether oxygens (including phenoxy) is 1. The molecule has 4 nitrogen and oxygen atoms in total. The zero-order chi connectivity index (χ0) is 11.4. The molecule has 0 unspecified atom stereocenters. The van der Waals surface area contributed by atoms with Gasteiger partial charge in [-0.05, 0) is 19.9 Å². The van der Waals surface area contributed by atoms with Gasteiger partial charge in [0.25, 0.3) is 0 Å². The summed E-state index contributed by atoms with van der Waals surface area (Å²) in [6, 6.07) is 1.91.